The summed E-state index contributed by atoms with van der Waals surface area (Å²) in [7, 11) is 1.63. The summed E-state index contributed by atoms with van der Waals surface area (Å²) >= 11 is 0. The molecule has 6 rings (SSSR count). The molecule has 2 atom stereocenters. The van der Waals surface area contributed by atoms with Gasteiger partial charge in [0, 0.05) is 44.0 Å². The summed E-state index contributed by atoms with van der Waals surface area (Å²) < 4.78 is 20.6. The molecule has 0 spiro atoms. The lowest BCUT2D eigenvalue weighted by molar-refractivity contribution is 0.372. The van der Waals surface area contributed by atoms with Gasteiger partial charge >= 0.3 is 0 Å². The van der Waals surface area contributed by atoms with Crippen molar-refractivity contribution in [3.05, 3.63) is 42.5 Å². The van der Waals surface area contributed by atoms with E-state index in [0.717, 1.165) is 50.1 Å². The lowest BCUT2D eigenvalue weighted by Crippen LogP contribution is -2.48. The van der Waals surface area contributed by atoms with Gasteiger partial charge in [-0.15, -0.1) is 5.10 Å². The molecule has 3 aliphatic rings. The van der Waals surface area contributed by atoms with Gasteiger partial charge in [0.2, 0.25) is 17.8 Å². The normalized spacial score (nSPS) is 24.0. The number of benzene rings is 1. The molecule has 9 nitrogen and oxygen atoms in total. The van der Waals surface area contributed by atoms with Crippen LogP contribution in [0.2, 0.25) is 0 Å². The Morgan fingerprint density at radius 3 is 2.61 bits per heavy atom. The Kier molecular flexibility index (Phi) is 5.00. The zero-order valence-corrected chi connectivity index (χ0v) is 18.6. The number of hydrogen-bond acceptors (Lipinski definition) is 8. The van der Waals surface area contributed by atoms with Gasteiger partial charge in [-0.25, -0.2) is 19.0 Å². The molecule has 2 bridgehead atoms. The van der Waals surface area contributed by atoms with E-state index < -0.39 is 0 Å². The molecule has 1 aliphatic carbocycles. The minimum atomic E-state index is -0.234. The van der Waals surface area contributed by atoms with Gasteiger partial charge in [0.25, 0.3) is 0 Å². The first-order valence-corrected chi connectivity index (χ1v) is 11.5. The number of aryl methyl sites for hydroxylation is 1. The number of anilines is 4. The topological polar surface area (TPSA) is 84.2 Å². The van der Waals surface area contributed by atoms with Crippen molar-refractivity contribution in [2.75, 3.05) is 41.9 Å². The Labute approximate surface area is 191 Å². The van der Waals surface area contributed by atoms with E-state index in [1.165, 1.54) is 25.0 Å². The number of piperidine rings is 1. The molecule has 1 saturated carbocycles. The molecular formula is C23H27FN8O. The van der Waals surface area contributed by atoms with Gasteiger partial charge in [0.1, 0.15) is 18.0 Å². The summed E-state index contributed by atoms with van der Waals surface area (Å²) in [6.45, 7) is 3.55. The summed E-state index contributed by atoms with van der Waals surface area (Å²) in [5.41, 5.74) is 0.935. The Balaban J connectivity index is 1.19. The van der Waals surface area contributed by atoms with Crippen LogP contribution in [0.5, 0.6) is 5.88 Å². The fourth-order valence-corrected chi connectivity index (χ4v) is 5.50. The van der Waals surface area contributed by atoms with E-state index in [2.05, 4.69) is 25.1 Å². The first kappa shape index (κ1) is 20.2. The maximum atomic E-state index is 13.4. The van der Waals surface area contributed by atoms with Crippen molar-refractivity contribution in [1.29, 1.82) is 0 Å². The molecule has 172 valence electrons. The van der Waals surface area contributed by atoms with Crippen LogP contribution in [-0.4, -0.2) is 57.5 Å². The van der Waals surface area contributed by atoms with Gasteiger partial charge in [0.05, 0.1) is 7.11 Å². The molecule has 0 radical (unpaired) electrons. The van der Waals surface area contributed by atoms with Crippen molar-refractivity contribution in [1.82, 2.24) is 24.7 Å². The third-order valence-corrected chi connectivity index (χ3v) is 7.07. The molecule has 33 heavy (non-hydrogen) atoms. The smallest absolute Gasteiger partial charge is 0.244 e. The lowest BCUT2D eigenvalue weighted by atomic mass is 9.92. The summed E-state index contributed by atoms with van der Waals surface area (Å²) in [5, 5.41) is 8.42. The molecule has 2 fully saturated rings. The molecule has 1 aromatic carbocycles. The van der Waals surface area contributed by atoms with Crippen LogP contribution in [-0.2, 0) is 6.54 Å². The molecule has 0 amide bonds. The van der Waals surface area contributed by atoms with E-state index in [0.29, 0.717) is 29.7 Å². The SMILES string of the molecule is COc1cc(N2C[C@H]3CC[C@H](C2)C3Nc2nc3n(n2)CCCN3c2ccc(F)cc2)ncn1. The molecule has 1 saturated heterocycles. The van der Waals surface area contributed by atoms with E-state index in [-0.39, 0.29) is 5.82 Å². The monoisotopic (exact) mass is 450 g/mol. The Hall–Kier alpha value is -3.43. The second-order valence-corrected chi connectivity index (χ2v) is 9.03. The van der Waals surface area contributed by atoms with Crippen molar-refractivity contribution in [3.8, 4) is 5.88 Å². The van der Waals surface area contributed by atoms with Crippen LogP contribution in [0.15, 0.2) is 36.7 Å². The highest BCUT2D eigenvalue weighted by Gasteiger charge is 2.43. The number of methoxy groups -OCH3 is 1. The number of ether oxygens (including phenoxy) is 1. The summed E-state index contributed by atoms with van der Waals surface area (Å²) in [6.07, 6.45) is 4.89. The van der Waals surface area contributed by atoms with Crippen molar-refractivity contribution in [3.63, 3.8) is 0 Å². The van der Waals surface area contributed by atoms with Gasteiger partial charge in [-0.2, -0.15) is 4.98 Å². The first-order chi connectivity index (χ1) is 16.2. The molecule has 2 aliphatic heterocycles. The zero-order valence-electron chi connectivity index (χ0n) is 18.6. The van der Waals surface area contributed by atoms with Crippen molar-refractivity contribution in [2.45, 2.75) is 31.8 Å². The van der Waals surface area contributed by atoms with E-state index in [1.807, 2.05) is 10.7 Å². The Bertz CT molecular complexity index is 1120. The maximum absolute atomic E-state index is 13.4. The number of aromatic nitrogens is 5. The number of nitrogens with one attached hydrogen (secondary N) is 1. The summed E-state index contributed by atoms with van der Waals surface area (Å²) in [4.78, 5) is 17.9. The van der Waals surface area contributed by atoms with E-state index in [4.69, 9.17) is 14.8 Å². The highest BCUT2D eigenvalue weighted by Crippen LogP contribution is 2.40. The standard InChI is InChI=1S/C23H27FN8O/c1-33-20-11-19(25-14-26-20)30-12-15-3-4-16(13-30)21(15)27-22-28-23-31(9-2-10-32(23)29-22)18-7-5-17(24)6-8-18/h5-8,11,14-16,21H,2-4,9-10,12-13H2,1H3,(H,27,29)/t15-,16-/m1/s1. The van der Waals surface area contributed by atoms with E-state index >= 15 is 0 Å². The first-order valence-electron chi connectivity index (χ1n) is 11.5. The van der Waals surface area contributed by atoms with Crippen LogP contribution in [0, 0.1) is 17.7 Å². The average molecular weight is 451 g/mol. The van der Waals surface area contributed by atoms with Gasteiger partial charge in [-0.1, -0.05) is 0 Å². The predicted octanol–water partition coefficient (Wildman–Crippen LogP) is 3.08. The van der Waals surface area contributed by atoms with E-state index in [9.17, 15) is 4.39 Å². The third-order valence-electron chi connectivity index (χ3n) is 7.07. The predicted molar refractivity (Wildman–Crippen MR) is 122 cm³/mol. The fourth-order valence-electron chi connectivity index (χ4n) is 5.50. The minimum Gasteiger partial charge on any atom is -0.481 e. The third kappa shape index (κ3) is 3.73. The summed E-state index contributed by atoms with van der Waals surface area (Å²) in [5.74, 6) is 3.76. The average Bonchev–Trinajstić information content (AvgIpc) is 3.35. The highest BCUT2D eigenvalue weighted by molar-refractivity contribution is 5.59. The van der Waals surface area contributed by atoms with Crippen LogP contribution in [0.1, 0.15) is 19.3 Å². The largest absolute Gasteiger partial charge is 0.481 e. The molecule has 0 unspecified atom stereocenters. The molecule has 10 heteroatoms. The second-order valence-electron chi connectivity index (χ2n) is 9.03. The fraction of sp³-hybridized carbons (Fsp3) is 0.478. The van der Waals surface area contributed by atoms with Gasteiger partial charge < -0.3 is 19.9 Å². The summed E-state index contributed by atoms with van der Waals surface area (Å²) in [6, 6.07) is 8.82. The lowest BCUT2D eigenvalue weighted by Gasteiger charge is -2.38. The highest BCUT2D eigenvalue weighted by atomic mass is 19.1. The zero-order chi connectivity index (χ0) is 22.4. The quantitative estimate of drug-likeness (QED) is 0.635. The van der Waals surface area contributed by atoms with Crippen LogP contribution < -0.4 is 19.9 Å². The van der Waals surface area contributed by atoms with Crippen molar-refractivity contribution < 1.29 is 9.13 Å². The number of halogens is 1. The van der Waals surface area contributed by atoms with E-state index in [1.54, 1.807) is 25.6 Å². The number of nitrogens with zero attached hydrogens (tertiary/aromatic N) is 7. The van der Waals surface area contributed by atoms with Gasteiger partial charge in [-0.3, -0.25) is 0 Å². The van der Waals surface area contributed by atoms with Crippen molar-refractivity contribution in [2.24, 2.45) is 11.8 Å². The van der Waals surface area contributed by atoms with Crippen LogP contribution in [0.4, 0.5) is 27.8 Å². The molecule has 1 N–H and O–H groups in total. The molecule has 2 aromatic heterocycles. The molecule has 4 heterocycles. The van der Waals surface area contributed by atoms with Gasteiger partial charge in [-0.05, 0) is 55.4 Å². The minimum absolute atomic E-state index is 0.234. The number of hydrogen-bond donors (Lipinski definition) is 1. The Morgan fingerprint density at radius 2 is 1.85 bits per heavy atom. The maximum Gasteiger partial charge on any atom is 0.244 e. The van der Waals surface area contributed by atoms with Crippen LogP contribution in [0.25, 0.3) is 0 Å². The molecular weight excluding hydrogens is 423 g/mol. The van der Waals surface area contributed by atoms with Crippen LogP contribution >= 0.6 is 0 Å². The van der Waals surface area contributed by atoms with Crippen molar-refractivity contribution >= 4 is 23.4 Å². The molecule has 3 aromatic rings. The van der Waals surface area contributed by atoms with Gasteiger partial charge in [0.15, 0.2) is 0 Å². The number of rotatable bonds is 5. The Morgan fingerprint density at radius 1 is 1.06 bits per heavy atom. The second kappa shape index (κ2) is 8.17. The van der Waals surface area contributed by atoms with Crippen LogP contribution in [0.3, 0.4) is 0 Å². The number of fused-ring (bicyclic) bond motifs is 3.